The average Bonchev–Trinajstić information content (AvgIpc) is 2.62. The highest BCUT2D eigenvalue weighted by atomic mass is 19.4. The summed E-state index contributed by atoms with van der Waals surface area (Å²) in [6, 6.07) is 1.51. The summed E-state index contributed by atoms with van der Waals surface area (Å²) in [7, 11) is 1.26. The Bertz CT molecular complexity index is 767. The van der Waals surface area contributed by atoms with Gasteiger partial charge < -0.3 is 16.4 Å². The molecule has 0 aliphatic rings. The first-order valence-electron chi connectivity index (χ1n) is 7.50. The zero-order valence-corrected chi connectivity index (χ0v) is 14.7. The number of alkyl halides is 5. The second-order valence-electron chi connectivity index (χ2n) is 5.64. The van der Waals surface area contributed by atoms with Gasteiger partial charge in [0.2, 0.25) is 5.95 Å². The van der Waals surface area contributed by atoms with Crippen LogP contribution in [0.15, 0.2) is 23.1 Å². The summed E-state index contributed by atoms with van der Waals surface area (Å²) in [6.07, 6.45) is -5.93. The number of aromatic nitrogens is 2. The normalized spacial score (nSPS) is 15.3. The Morgan fingerprint density at radius 1 is 1.44 bits per heavy atom. The van der Waals surface area contributed by atoms with Crippen molar-refractivity contribution in [3.05, 3.63) is 23.7 Å². The molecule has 1 heterocycles. The number of nitrogens with one attached hydrogen (secondary N) is 2. The highest BCUT2D eigenvalue weighted by Crippen LogP contribution is 2.33. The van der Waals surface area contributed by atoms with Crippen molar-refractivity contribution in [3.63, 3.8) is 0 Å². The van der Waals surface area contributed by atoms with E-state index < -0.39 is 35.9 Å². The van der Waals surface area contributed by atoms with Crippen LogP contribution < -0.4 is 16.4 Å². The van der Waals surface area contributed by atoms with E-state index in [9.17, 15) is 22.0 Å². The predicted octanol–water partition coefficient (Wildman–Crippen LogP) is 3.00. The molecule has 148 valence electrons. The van der Waals surface area contributed by atoms with E-state index in [1.54, 1.807) is 0 Å². The van der Waals surface area contributed by atoms with Gasteiger partial charge in [-0.1, -0.05) is 0 Å². The molecule has 7 nitrogen and oxygen atoms in total. The van der Waals surface area contributed by atoms with Gasteiger partial charge in [-0.3, -0.25) is 4.99 Å². The molecule has 0 aliphatic heterocycles. The van der Waals surface area contributed by atoms with Crippen LogP contribution in [0.3, 0.4) is 0 Å². The van der Waals surface area contributed by atoms with Crippen LogP contribution in [0.2, 0.25) is 0 Å². The van der Waals surface area contributed by atoms with Crippen LogP contribution in [-0.2, 0) is 6.18 Å². The van der Waals surface area contributed by atoms with E-state index in [2.05, 4.69) is 25.6 Å². The lowest BCUT2D eigenvalue weighted by Crippen LogP contribution is -2.28. The third-order valence-electron chi connectivity index (χ3n) is 3.52. The van der Waals surface area contributed by atoms with Crippen LogP contribution >= 0.6 is 0 Å². The second kappa shape index (κ2) is 8.61. The largest absolute Gasteiger partial charge is 0.421 e. The maximum absolute atomic E-state index is 12.9. The van der Waals surface area contributed by atoms with Crippen molar-refractivity contribution < 1.29 is 22.0 Å². The molecule has 0 amide bonds. The lowest BCUT2D eigenvalue weighted by molar-refractivity contribution is -0.137. The fraction of sp³-hybridized carbons (Fsp3) is 0.467. The Morgan fingerprint density at radius 2 is 2.07 bits per heavy atom. The number of anilines is 2. The Labute approximate surface area is 152 Å². The Kier molecular flexibility index (Phi) is 7.04. The summed E-state index contributed by atoms with van der Waals surface area (Å²) >= 11 is 0. The molecule has 0 fully saturated rings. The van der Waals surface area contributed by atoms with Crippen LogP contribution in [-0.4, -0.2) is 35.7 Å². The van der Waals surface area contributed by atoms with Crippen LogP contribution in [0.25, 0.3) is 0 Å². The summed E-state index contributed by atoms with van der Waals surface area (Å²) in [5.74, 6) is -0.670. The SMILES string of the molecule is CNc1nc(N/C(=C/N)C(C)=NCC(C)(C#N)C(F)F)ncc1C(F)(F)F. The maximum atomic E-state index is 12.9. The number of hydrogen-bond acceptors (Lipinski definition) is 7. The quantitative estimate of drug-likeness (QED) is 0.487. The van der Waals surface area contributed by atoms with Gasteiger partial charge in [-0.2, -0.15) is 23.4 Å². The lowest BCUT2D eigenvalue weighted by Gasteiger charge is -2.18. The topological polar surface area (TPSA) is 112 Å². The highest BCUT2D eigenvalue weighted by molar-refractivity contribution is 6.00. The fourth-order valence-electron chi connectivity index (χ4n) is 1.73. The molecular weight excluding hydrogens is 373 g/mol. The van der Waals surface area contributed by atoms with E-state index in [1.807, 2.05) is 0 Å². The van der Waals surface area contributed by atoms with E-state index in [0.717, 1.165) is 13.1 Å². The van der Waals surface area contributed by atoms with Crippen LogP contribution in [0, 0.1) is 16.7 Å². The van der Waals surface area contributed by atoms with E-state index in [1.165, 1.54) is 20.0 Å². The zero-order chi connectivity index (χ0) is 20.8. The van der Waals surface area contributed by atoms with Gasteiger partial charge in [0, 0.05) is 19.4 Å². The molecule has 0 spiro atoms. The molecule has 1 rings (SSSR count). The third kappa shape index (κ3) is 5.50. The van der Waals surface area contributed by atoms with E-state index in [-0.39, 0.29) is 17.4 Å². The molecule has 0 saturated heterocycles. The average molecular weight is 391 g/mol. The molecule has 4 N–H and O–H groups in total. The molecule has 1 atom stereocenters. The minimum atomic E-state index is -4.64. The summed E-state index contributed by atoms with van der Waals surface area (Å²) in [6.45, 7) is 1.99. The van der Waals surface area contributed by atoms with Crippen LogP contribution in [0.4, 0.5) is 33.7 Å². The van der Waals surface area contributed by atoms with Gasteiger partial charge in [0.25, 0.3) is 6.43 Å². The third-order valence-corrected chi connectivity index (χ3v) is 3.52. The monoisotopic (exact) mass is 391 g/mol. The minimum absolute atomic E-state index is 0.0892. The van der Waals surface area contributed by atoms with Gasteiger partial charge in [0.1, 0.15) is 16.8 Å². The number of nitriles is 1. The van der Waals surface area contributed by atoms with Gasteiger partial charge in [-0.15, -0.1) is 0 Å². The standard InChI is InChI=1S/C15H18F5N7/c1-8(25-7-14(2,6-22)12(16)17)10(4-21)26-13-24-5-9(15(18,19)20)11(23-3)27-13/h4-5,12H,7,21H2,1-3H3,(H2,23,24,26,27)/b10-4+,25-8?. The number of nitrogens with zero attached hydrogens (tertiary/aromatic N) is 4. The van der Waals surface area contributed by atoms with Crippen molar-refractivity contribution in [2.75, 3.05) is 24.2 Å². The second-order valence-corrected chi connectivity index (χ2v) is 5.64. The van der Waals surface area contributed by atoms with E-state index in [4.69, 9.17) is 11.0 Å². The Balaban J connectivity index is 3.06. The summed E-state index contributed by atoms with van der Waals surface area (Å²) in [5.41, 5.74) is 2.65. The van der Waals surface area contributed by atoms with E-state index >= 15 is 0 Å². The molecule has 0 saturated carbocycles. The predicted molar refractivity (Wildman–Crippen MR) is 90.2 cm³/mol. The van der Waals surface area contributed by atoms with Crippen molar-refractivity contribution in [1.29, 1.82) is 5.26 Å². The van der Waals surface area contributed by atoms with Crippen molar-refractivity contribution in [3.8, 4) is 6.07 Å². The first-order chi connectivity index (χ1) is 12.5. The van der Waals surface area contributed by atoms with E-state index in [0.29, 0.717) is 6.20 Å². The molecule has 12 heteroatoms. The highest BCUT2D eigenvalue weighted by Gasteiger charge is 2.36. The molecule has 0 aromatic carbocycles. The van der Waals surface area contributed by atoms with Gasteiger partial charge in [0.15, 0.2) is 0 Å². The molecule has 0 aliphatic carbocycles. The first kappa shape index (κ1) is 22.1. The van der Waals surface area contributed by atoms with Crippen LogP contribution in [0.5, 0.6) is 0 Å². The number of halogens is 5. The molecule has 0 radical (unpaired) electrons. The molecule has 0 bridgehead atoms. The van der Waals surface area contributed by atoms with Gasteiger partial charge in [-0.05, 0) is 13.8 Å². The molecule has 27 heavy (non-hydrogen) atoms. The molecule has 1 unspecified atom stereocenters. The molecule has 1 aromatic rings. The van der Waals surface area contributed by atoms with Crippen molar-refractivity contribution >= 4 is 17.5 Å². The maximum Gasteiger partial charge on any atom is 0.421 e. The molecule has 1 aromatic heterocycles. The lowest BCUT2D eigenvalue weighted by atomic mass is 9.93. The Hall–Kier alpha value is -2.97. The summed E-state index contributed by atoms with van der Waals surface area (Å²) in [5, 5.41) is 13.8. The van der Waals surface area contributed by atoms with Gasteiger partial charge in [0.05, 0.1) is 24.0 Å². The van der Waals surface area contributed by atoms with Crippen molar-refractivity contribution in [1.82, 2.24) is 9.97 Å². The first-order valence-corrected chi connectivity index (χ1v) is 7.50. The fourth-order valence-corrected chi connectivity index (χ4v) is 1.73. The van der Waals surface area contributed by atoms with Crippen LogP contribution in [0.1, 0.15) is 19.4 Å². The molecular formula is C15H18F5N7. The smallest absolute Gasteiger partial charge is 0.403 e. The number of nitrogens with two attached hydrogens (primary N) is 1. The Morgan fingerprint density at radius 3 is 2.52 bits per heavy atom. The number of hydrogen-bond donors (Lipinski definition) is 3. The van der Waals surface area contributed by atoms with Gasteiger partial charge in [-0.25, -0.2) is 13.8 Å². The summed E-state index contributed by atoms with van der Waals surface area (Å²) < 4.78 is 64.4. The number of allylic oxidation sites excluding steroid dienone is 1. The van der Waals surface area contributed by atoms with Crippen molar-refractivity contribution in [2.24, 2.45) is 16.1 Å². The van der Waals surface area contributed by atoms with Gasteiger partial charge >= 0.3 is 6.18 Å². The number of aliphatic imine (C=N–C) groups is 1. The minimum Gasteiger partial charge on any atom is -0.403 e. The zero-order valence-electron chi connectivity index (χ0n) is 14.7. The van der Waals surface area contributed by atoms with Crippen molar-refractivity contribution in [2.45, 2.75) is 26.4 Å². The number of rotatable bonds is 7. The summed E-state index contributed by atoms with van der Waals surface area (Å²) in [4.78, 5) is 11.2.